The molecule has 4 aromatic rings. The summed E-state index contributed by atoms with van der Waals surface area (Å²) >= 11 is 0. The van der Waals surface area contributed by atoms with Gasteiger partial charge >= 0.3 is 0 Å². The van der Waals surface area contributed by atoms with E-state index in [9.17, 15) is 0 Å². The highest BCUT2D eigenvalue weighted by atomic mass is 15.3. The number of aromatic nitrogens is 4. The maximum atomic E-state index is 5.12. The number of nitrogens with zero attached hydrogens (tertiary/aromatic N) is 5. The van der Waals surface area contributed by atoms with Gasteiger partial charge in [0.05, 0.1) is 22.1 Å². The molecule has 1 saturated heterocycles. The van der Waals surface area contributed by atoms with E-state index in [2.05, 4.69) is 55.4 Å². The summed E-state index contributed by atoms with van der Waals surface area (Å²) in [5, 5.41) is 0. The van der Waals surface area contributed by atoms with Gasteiger partial charge in [-0.1, -0.05) is 18.6 Å². The molecule has 3 aliphatic rings. The van der Waals surface area contributed by atoms with Gasteiger partial charge in [0.15, 0.2) is 0 Å². The highest BCUT2D eigenvalue weighted by Crippen LogP contribution is 2.39. The van der Waals surface area contributed by atoms with Crippen LogP contribution in [-0.2, 0) is 13.0 Å². The lowest BCUT2D eigenvalue weighted by Crippen LogP contribution is -2.48. The van der Waals surface area contributed by atoms with E-state index in [1.165, 1.54) is 43.4 Å². The van der Waals surface area contributed by atoms with E-state index in [1.807, 2.05) is 12.4 Å². The second kappa shape index (κ2) is 5.92. The summed E-state index contributed by atoms with van der Waals surface area (Å²) in [6, 6.07) is 17.2. The van der Waals surface area contributed by atoms with E-state index in [0.29, 0.717) is 12.1 Å². The number of hydrogen-bond donors (Lipinski definition) is 0. The number of rotatable bonds is 2. The quantitative estimate of drug-likeness (QED) is 0.518. The van der Waals surface area contributed by atoms with Gasteiger partial charge in [0.1, 0.15) is 12.2 Å². The first-order valence-electron chi connectivity index (χ1n) is 11.0. The molecular weight excluding hydrogens is 358 g/mol. The van der Waals surface area contributed by atoms with Crippen molar-refractivity contribution in [1.82, 2.24) is 24.0 Å². The number of fused-ring (bicyclic) bond motifs is 6. The molecular formula is C24H25N5. The van der Waals surface area contributed by atoms with Crippen molar-refractivity contribution in [3.8, 4) is 5.69 Å². The van der Waals surface area contributed by atoms with Crippen LogP contribution in [0, 0.1) is 0 Å². The van der Waals surface area contributed by atoms with E-state index in [0.717, 1.165) is 41.2 Å². The molecule has 4 heterocycles. The Hall–Kier alpha value is -2.66. The van der Waals surface area contributed by atoms with Crippen LogP contribution in [0.15, 0.2) is 48.8 Å². The molecule has 2 aromatic carbocycles. The Labute approximate surface area is 170 Å². The van der Waals surface area contributed by atoms with Crippen LogP contribution in [0.25, 0.3) is 27.8 Å². The number of para-hydroxylation sites is 2. The van der Waals surface area contributed by atoms with Crippen LogP contribution < -0.4 is 0 Å². The van der Waals surface area contributed by atoms with Crippen molar-refractivity contribution in [2.45, 2.75) is 63.2 Å². The second-order valence-electron chi connectivity index (χ2n) is 9.04. The molecule has 7 rings (SSSR count). The summed E-state index contributed by atoms with van der Waals surface area (Å²) in [7, 11) is 0. The summed E-state index contributed by atoms with van der Waals surface area (Å²) < 4.78 is 4.68. The molecule has 2 atom stereocenters. The Morgan fingerprint density at radius 1 is 0.828 bits per heavy atom. The van der Waals surface area contributed by atoms with Gasteiger partial charge in [-0.3, -0.25) is 9.47 Å². The molecule has 146 valence electrons. The zero-order chi connectivity index (χ0) is 18.9. The lowest BCUT2D eigenvalue weighted by Gasteiger charge is -2.41. The molecule has 2 unspecified atom stereocenters. The van der Waals surface area contributed by atoms with E-state index in [4.69, 9.17) is 4.98 Å². The Balaban J connectivity index is 1.30. The van der Waals surface area contributed by atoms with Crippen molar-refractivity contribution in [3.05, 3.63) is 54.6 Å². The predicted molar refractivity (Wildman–Crippen MR) is 114 cm³/mol. The highest BCUT2D eigenvalue weighted by Gasteiger charge is 2.42. The topological polar surface area (TPSA) is 38.9 Å². The van der Waals surface area contributed by atoms with Crippen LogP contribution in [0.1, 0.15) is 37.9 Å². The van der Waals surface area contributed by atoms with Crippen LogP contribution in [0.5, 0.6) is 0 Å². The van der Waals surface area contributed by atoms with Crippen LogP contribution in [0.2, 0.25) is 0 Å². The van der Waals surface area contributed by atoms with Gasteiger partial charge in [0, 0.05) is 36.8 Å². The summed E-state index contributed by atoms with van der Waals surface area (Å²) in [6.07, 6.45) is 9.93. The lowest BCUT2D eigenvalue weighted by molar-refractivity contribution is 0.0739. The van der Waals surface area contributed by atoms with Gasteiger partial charge in [0.25, 0.3) is 0 Å². The first kappa shape index (κ1) is 16.2. The van der Waals surface area contributed by atoms with Gasteiger partial charge < -0.3 is 4.57 Å². The molecule has 2 aromatic heterocycles. The van der Waals surface area contributed by atoms with Gasteiger partial charge in [-0.25, -0.2) is 9.97 Å². The Bertz CT molecular complexity index is 1230. The van der Waals surface area contributed by atoms with Crippen LogP contribution >= 0.6 is 0 Å². The minimum absolute atomic E-state index is 0.695. The minimum atomic E-state index is 0.695. The number of hydrogen-bond acceptors (Lipinski definition) is 3. The molecule has 2 aliphatic heterocycles. The van der Waals surface area contributed by atoms with Crippen molar-refractivity contribution >= 4 is 22.1 Å². The molecule has 5 nitrogen and oxygen atoms in total. The third-order valence-corrected chi connectivity index (χ3v) is 7.53. The summed E-state index contributed by atoms with van der Waals surface area (Å²) in [4.78, 5) is 12.5. The fourth-order valence-corrected chi connectivity index (χ4v) is 5.92. The van der Waals surface area contributed by atoms with Crippen molar-refractivity contribution in [2.24, 2.45) is 0 Å². The van der Waals surface area contributed by atoms with E-state index >= 15 is 0 Å². The Morgan fingerprint density at radius 2 is 1.72 bits per heavy atom. The fraction of sp³-hybridized carbons (Fsp3) is 0.417. The van der Waals surface area contributed by atoms with Crippen LogP contribution in [0.4, 0.5) is 0 Å². The highest BCUT2D eigenvalue weighted by molar-refractivity contribution is 5.82. The third-order valence-electron chi connectivity index (χ3n) is 7.53. The Kier molecular flexibility index (Phi) is 3.30. The fourth-order valence-electron chi connectivity index (χ4n) is 5.92. The zero-order valence-corrected chi connectivity index (χ0v) is 16.5. The monoisotopic (exact) mass is 383 g/mol. The molecule has 29 heavy (non-hydrogen) atoms. The van der Waals surface area contributed by atoms with Crippen molar-refractivity contribution in [2.75, 3.05) is 0 Å². The Morgan fingerprint density at radius 3 is 2.62 bits per heavy atom. The molecule has 2 bridgehead atoms. The SMILES string of the molecule is c1ccc2c(c1)ncn2-c1ccc2c(c1)nc1n2CC2CCC(C1)N2C1CCC1. The molecule has 0 spiro atoms. The normalized spacial score (nSPS) is 24.7. The minimum Gasteiger partial charge on any atom is -0.326 e. The largest absolute Gasteiger partial charge is 0.326 e. The average Bonchev–Trinajstić information content (AvgIpc) is 3.34. The van der Waals surface area contributed by atoms with Crippen LogP contribution in [0.3, 0.4) is 0 Å². The second-order valence-corrected chi connectivity index (χ2v) is 9.04. The first-order valence-corrected chi connectivity index (χ1v) is 11.0. The summed E-state index contributed by atoms with van der Waals surface area (Å²) in [6.45, 7) is 1.10. The molecule has 5 heteroatoms. The zero-order valence-electron chi connectivity index (χ0n) is 16.5. The maximum Gasteiger partial charge on any atom is 0.111 e. The van der Waals surface area contributed by atoms with Gasteiger partial charge in [0.2, 0.25) is 0 Å². The van der Waals surface area contributed by atoms with E-state index in [-0.39, 0.29) is 0 Å². The lowest BCUT2D eigenvalue weighted by atomic mass is 9.90. The van der Waals surface area contributed by atoms with Crippen molar-refractivity contribution < 1.29 is 0 Å². The molecule has 0 radical (unpaired) electrons. The van der Waals surface area contributed by atoms with E-state index in [1.54, 1.807) is 0 Å². The van der Waals surface area contributed by atoms with Crippen molar-refractivity contribution in [1.29, 1.82) is 0 Å². The summed E-state index contributed by atoms with van der Waals surface area (Å²) in [5.41, 5.74) is 5.71. The maximum absolute atomic E-state index is 5.12. The summed E-state index contributed by atoms with van der Waals surface area (Å²) in [5.74, 6) is 1.28. The third kappa shape index (κ3) is 2.31. The van der Waals surface area contributed by atoms with Crippen LogP contribution in [-0.4, -0.2) is 42.1 Å². The molecule has 2 fully saturated rings. The first-order chi connectivity index (χ1) is 14.3. The van der Waals surface area contributed by atoms with Gasteiger partial charge in [-0.05, 0) is 56.0 Å². The smallest absolute Gasteiger partial charge is 0.111 e. The van der Waals surface area contributed by atoms with Gasteiger partial charge in [-0.2, -0.15) is 0 Å². The number of benzene rings is 2. The molecule has 0 N–H and O–H groups in total. The average molecular weight is 383 g/mol. The predicted octanol–water partition coefficient (Wildman–Crippen LogP) is 4.32. The molecule has 1 saturated carbocycles. The van der Waals surface area contributed by atoms with Crippen molar-refractivity contribution in [3.63, 3.8) is 0 Å². The van der Waals surface area contributed by atoms with Gasteiger partial charge in [-0.15, -0.1) is 0 Å². The molecule has 0 amide bonds. The molecule has 1 aliphatic carbocycles. The standard InChI is InChI=1S/C24H25N5/c1-2-7-22-20(6-1)25-15-28(22)17-10-11-23-21(12-17)26-24-13-18-8-9-19(14-27(23)24)29(18)16-4-3-5-16/h1-2,6-7,10-12,15-16,18-19H,3-5,8-9,13-14H2. The van der Waals surface area contributed by atoms with E-state index < -0.39 is 0 Å². The number of imidazole rings is 2.